The Labute approximate surface area is 161 Å². The highest BCUT2D eigenvalue weighted by Gasteiger charge is 2.29. The lowest BCUT2D eigenvalue weighted by atomic mass is 9.97. The number of benzene rings is 1. The van der Waals surface area contributed by atoms with Gasteiger partial charge in [-0.15, -0.1) is 0 Å². The number of nitrogens with one attached hydrogen (secondary N) is 1. The molecule has 0 radical (unpaired) electrons. The van der Waals surface area contributed by atoms with Gasteiger partial charge in [-0.1, -0.05) is 13.0 Å². The summed E-state index contributed by atoms with van der Waals surface area (Å²) in [5.74, 6) is 0.0111. The molecule has 5 nitrogen and oxygen atoms in total. The van der Waals surface area contributed by atoms with Crippen molar-refractivity contribution in [3.63, 3.8) is 0 Å². The second kappa shape index (κ2) is 7.50. The Balaban J connectivity index is 1.54. The van der Waals surface area contributed by atoms with Crippen LogP contribution in [0.15, 0.2) is 47.4 Å². The minimum absolute atomic E-state index is 0.153. The van der Waals surface area contributed by atoms with Crippen molar-refractivity contribution in [1.82, 2.24) is 15.0 Å². The summed E-state index contributed by atoms with van der Waals surface area (Å²) in [7, 11) is 0. The van der Waals surface area contributed by atoms with Crippen molar-refractivity contribution < 1.29 is 8.78 Å². The summed E-state index contributed by atoms with van der Waals surface area (Å²) >= 11 is 0. The van der Waals surface area contributed by atoms with E-state index in [2.05, 4.69) is 15.0 Å². The van der Waals surface area contributed by atoms with Gasteiger partial charge in [0, 0.05) is 48.1 Å². The number of nitrogens with zero attached hydrogens (tertiary/aromatic N) is 3. The molecule has 3 aromatic rings. The number of anilines is 1. The smallest absolute Gasteiger partial charge is 0.251 e. The molecule has 1 N–H and O–H groups in total. The predicted octanol–water partition coefficient (Wildman–Crippen LogP) is 3.67. The molecule has 3 heterocycles. The maximum atomic E-state index is 14.1. The Morgan fingerprint density at radius 3 is 2.68 bits per heavy atom. The lowest BCUT2D eigenvalue weighted by molar-refractivity contribution is 0.533. The van der Waals surface area contributed by atoms with E-state index in [4.69, 9.17) is 0 Å². The van der Waals surface area contributed by atoms with E-state index in [0.717, 1.165) is 11.5 Å². The molecular formula is C21H20F2N4O. The van der Waals surface area contributed by atoms with E-state index in [1.807, 2.05) is 24.0 Å². The van der Waals surface area contributed by atoms with Gasteiger partial charge >= 0.3 is 0 Å². The summed E-state index contributed by atoms with van der Waals surface area (Å²) < 4.78 is 28.1. The van der Waals surface area contributed by atoms with E-state index in [1.165, 1.54) is 24.3 Å². The Hall–Kier alpha value is -3.09. The Morgan fingerprint density at radius 1 is 1.21 bits per heavy atom. The van der Waals surface area contributed by atoms with Crippen LogP contribution in [-0.2, 0) is 6.42 Å². The van der Waals surface area contributed by atoms with Gasteiger partial charge in [0.1, 0.15) is 23.3 Å². The third kappa shape index (κ3) is 3.52. The molecule has 1 unspecified atom stereocenters. The maximum Gasteiger partial charge on any atom is 0.251 e. The van der Waals surface area contributed by atoms with E-state index in [-0.39, 0.29) is 17.0 Å². The zero-order chi connectivity index (χ0) is 19.7. The van der Waals surface area contributed by atoms with Crippen LogP contribution in [0.2, 0.25) is 0 Å². The van der Waals surface area contributed by atoms with Crippen molar-refractivity contribution in [2.45, 2.75) is 25.7 Å². The molecule has 144 valence electrons. The van der Waals surface area contributed by atoms with E-state index in [1.54, 1.807) is 6.20 Å². The fourth-order valence-corrected chi connectivity index (χ4v) is 3.64. The standard InChI is InChI=1S/C21H20F2N4O/c1-2-15-10-19(28)26-21(25-15)13-6-7-18(24-11-13)27-9-8-14(12-27)20-16(22)4-3-5-17(20)23/h3-7,10-11,14H,2,8-9,12H2,1H3,(H,25,26,28). The molecule has 0 amide bonds. The first kappa shape index (κ1) is 18.3. The molecule has 1 aromatic carbocycles. The number of pyridine rings is 1. The number of rotatable bonds is 4. The van der Waals surface area contributed by atoms with Gasteiger partial charge in [0.05, 0.1) is 0 Å². The SMILES string of the molecule is CCc1cc(=O)[nH]c(-c2ccc(N3CCC(c4c(F)cccc4F)C3)nc2)n1. The molecular weight excluding hydrogens is 362 g/mol. The minimum atomic E-state index is -0.499. The van der Waals surface area contributed by atoms with Crippen LogP contribution in [-0.4, -0.2) is 28.0 Å². The number of H-pyrrole nitrogens is 1. The van der Waals surface area contributed by atoms with Gasteiger partial charge < -0.3 is 9.88 Å². The predicted molar refractivity (Wildman–Crippen MR) is 103 cm³/mol. The second-order valence-corrected chi connectivity index (χ2v) is 6.91. The molecule has 2 aromatic heterocycles. The highest BCUT2D eigenvalue weighted by atomic mass is 19.1. The highest BCUT2D eigenvalue weighted by molar-refractivity contribution is 5.56. The molecule has 1 aliphatic rings. The van der Waals surface area contributed by atoms with Crippen molar-refractivity contribution in [3.8, 4) is 11.4 Å². The molecule has 4 rings (SSSR count). The molecule has 28 heavy (non-hydrogen) atoms. The molecule has 1 saturated heterocycles. The normalized spacial score (nSPS) is 16.5. The zero-order valence-corrected chi connectivity index (χ0v) is 15.5. The Morgan fingerprint density at radius 2 is 2.00 bits per heavy atom. The van der Waals surface area contributed by atoms with Crippen molar-refractivity contribution >= 4 is 5.82 Å². The van der Waals surface area contributed by atoms with Gasteiger partial charge in [-0.05, 0) is 37.1 Å². The average molecular weight is 382 g/mol. The maximum absolute atomic E-state index is 14.1. The zero-order valence-electron chi connectivity index (χ0n) is 15.5. The van der Waals surface area contributed by atoms with Crippen LogP contribution >= 0.6 is 0 Å². The van der Waals surface area contributed by atoms with E-state index < -0.39 is 11.6 Å². The van der Waals surface area contributed by atoms with Crippen molar-refractivity contribution in [2.24, 2.45) is 0 Å². The number of hydrogen-bond acceptors (Lipinski definition) is 4. The lowest BCUT2D eigenvalue weighted by Gasteiger charge is -2.18. The van der Waals surface area contributed by atoms with E-state index >= 15 is 0 Å². The quantitative estimate of drug-likeness (QED) is 0.748. The summed E-state index contributed by atoms with van der Waals surface area (Å²) in [6.07, 6.45) is 2.99. The van der Waals surface area contributed by atoms with Crippen LogP contribution < -0.4 is 10.5 Å². The van der Waals surface area contributed by atoms with Gasteiger partial charge in [-0.3, -0.25) is 4.79 Å². The lowest BCUT2D eigenvalue weighted by Crippen LogP contribution is -2.20. The van der Waals surface area contributed by atoms with Crippen molar-refractivity contribution in [3.05, 3.63) is 75.8 Å². The second-order valence-electron chi connectivity index (χ2n) is 6.91. The molecule has 7 heteroatoms. The van der Waals surface area contributed by atoms with E-state index in [9.17, 15) is 13.6 Å². The minimum Gasteiger partial charge on any atom is -0.356 e. The molecule has 1 aliphatic heterocycles. The van der Waals surface area contributed by atoms with Gasteiger partial charge in [0.25, 0.3) is 5.56 Å². The van der Waals surface area contributed by atoms with Crippen LogP contribution in [0.4, 0.5) is 14.6 Å². The van der Waals surface area contributed by atoms with E-state index in [0.29, 0.717) is 37.3 Å². The monoisotopic (exact) mass is 382 g/mol. The first-order valence-electron chi connectivity index (χ1n) is 9.30. The van der Waals surface area contributed by atoms with Gasteiger partial charge in [-0.2, -0.15) is 0 Å². The number of aryl methyl sites for hydroxylation is 1. The Bertz CT molecular complexity index is 1030. The molecule has 0 bridgehead atoms. The topological polar surface area (TPSA) is 61.9 Å². The third-order valence-corrected chi connectivity index (χ3v) is 5.10. The van der Waals surface area contributed by atoms with Crippen LogP contribution in [0.25, 0.3) is 11.4 Å². The third-order valence-electron chi connectivity index (χ3n) is 5.10. The molecule has 0 spiro atoms. The Kier molecular flexibility index (Phi) is 4.90. The number of hydrogen-bond donors (Lipinski definition) is 1. The first-order chi connectivity index (χ1) is 13.5. The van der Waals surface area contributed by atoms with Crippen molar-refractivity contribution in [1.29, 1.82) is 0 Å². The number of halogens is 2. The van der Waals surface area contributed by atoms with Crippen molar-refractivity contribution in [2.75, 3.05) is 18.0 Å². The van der Waals surface area contributed by atoms with Gasteiger partial charge in [-0.25, -0.2) is 18.7 Å². The molecule has 1 fully saturated rings. The summed E-state index contributed by atoms with van der Waals surface area (Å²) in [6, 6.07) is 9.15. The summed E-state index contributed by atoms with van der Waals surface area (Å²) in [6.45, 7) is 3.12. The summed E-state index contributed by atoms with van der Waals surface area (Å²) in [5, 5.41) is 0. The molecule has 0 aliphatic carbocycles. The largest absolute Gasteiger partial charge is 0.356 e. The van der Waals surface area contributed by atoms with Crippen LogP contribution in [0.1, 0.15) is 30.5 Å². The summed E-state index contributed by atoms with van der Waals surface area (Å²) in [5.41, 5.74) is 1.39. The number of aromatic nitrogens is 3. The number of aromatic amines is 1. The summed E-state index contributed by atoms with van der Waals surface area (Å²) in [4.78, 5) is 25.4. The fraction of sp³-hybridized carbons (Fsp3) is 0.286. The highest BCUT2D eigenvalue weighted by Crippen LogP contribution is 2.33. The van der Waals surface area contributed by atoms with Crippen LogP contribution in [0.3, 0.4) is 0 Å². The first-order valence-corrected chi connectivity index (χ1v) is 9.30. The van der Waals surface area contributed by atoms with Crippen LogP contribution in [0, 0.1) is 11.6 Å². The van der Waals surface area contributed by atoms with Gasteiger partial charge in [0.2, 0.25) is 0 Å². The molecule has 1 atom stereocenters. The average Bonchev–Trinajstić information content (AvgIpc) is 3.17. The van der Waals surface area contributed by atoms with Gasteiger partial charge in [0.15, 0.2) is 0 Å². The van der Waals surface area contributed by atoms with Crippen LogP contribution in [0.5, 0.6) is 0 Å². The fourth-order valence-electron chi connectivity index (χ4n) is 3.64. The molecule has 0 saturated carbocycles.